The van der Waals surface area contributed by atoms with Crippen LogP contribution in [0.3, 0.4) is 0 Å². The molecular formula is C15H14ClN3. The number of halogens is 1. The van der Waals surface area contributed by atoms with Gasteiger partial charge in [0.2, 0.25) is 0 Å². The van der Waals surface area contributed by atoms with Crippen molar-refractivity contribution in [3.63, 3.8) is 0 Å². The Morgan fingerprint density at radius 1 is 1.26 bits per heavy atom. The molecule has 1 heterocycles. The second-order valence-electron chi connectivity index (χ2n) is 4.41. The van der Waals surface area contributed by atoms with Gasteiger partial charge in [0.05, 0.1) is 17.3 Å². The molecule has 0 saturated heterocycles. The Morgan fingerprint density at radius 3 is 2.74 bits per heavy atom. The van der Waals surface area contributed by atoms with Gasteiger partial charge in [-0.25, -0.2) is 0 Å². The molecule has 2 aromatic rings. The van der Waals surface area contributed by atoms with E-state index >= 15 is 0 Å². The van der Waals surface area contributed by atoms with Gasteiger partial charge in [0.25, 0.3) is 0 Å². The summed E-state index contributed by atoms with van der Waals surface area (Å²) in [6.07, 6.45) is 1.79. The molecule has 0 aliphatic heterocycles. The van der Waals surface area contributed by atoms with Gasteiger partial charge in [-0.05, 0) is 36.9 Å². The Balaban J connectivity index is 2.03. The third-order valence-corrected chi connectivity index (χ3v) is 3.13. The molecule has 0 saturated carbocycles. The van der Waals surface area contributed by atoms with Gasteiger partial charge in [0.1, 0.15) is 0 Å². The summed E-state index contributed by atoms with van der Waals surface area (Å²) in [6.45, 7) is 1.48. The molecule has 0 aliphatic carbocycles. The van der Waals surface area contributed by atoms with Gasteiger partial charge in [-0.1, -0.05) is 23.7 Å². The highest BCUT2D eigenvalue weighted by molar-refractivity contribution is 6.31. The normalized spacial score (nSPS) is 10.4. The molecule has 1 aromatic heterocycles. The molecule has 3 nitrogen and oxygen atoms in total. The van der Waals surface area contributed by atoms with E-state index in [0.717, 1.165) is 24.3 Å². The minimum absolute atomic E-state index is 0.584. The van der Waals surface area contributed by atoms with E-state index in [2.05, 4.69) is 16.0 Å². The lowest BCUT2D eigenvalue weighted by atomic mass is 10.1. The average Bonchev–Trinajstić information content (AvgIpc) is 2.42. The molecule has 1 aromatic carbocycles. The SMILES string of the molecule is CN(Cc1ccccn1)Cc1ccc(C#N)cc1Cl. The zero-order valence-corrected chi connectivity index (χ0v) is 11.4. The van der Waals surface area contributed by atoms with Crippen molar-refractivity contribution in [1.29, 1.82) is 5.26 Å². The van der Waals surface area contributed by atoms with E-state index < -0.39 is 0 Å². The van der Waals surface area contributed by atoms with E-state index in [9.17, 15) is 0 Å². The maximum Gasteiger partial charge on any atom is 0.0992 e. The minimum atomic E-state index is 0.584. The van der Waals surface area contributed by atoms with Crippen LogP contribution in [0.5, 0.6) is 0 Å². The fourth-order valence-corrected chi connectivity index (χ4v) is 2.10. The number of benzene rings is 1. The van der Waals surface area contributed by atoms with E-state index in [0.29, 0.717) is 10.6 Å². The fraction of sp³-hybridized carbons (Fsp3) is 0.200. The predicted molar refractivity (Wildman–Crippen MR) is 75.6 cm³/mol. The molecular weight excluding hydrogens is 258 g/mol. The first-order chi connectivity index (χ1) is 9.19. The molecule has 0 spiro atoms. The molecule has 0 atom stereocenters. The van der Waals surface area contributed by atoms with Crippen LogP contribution in [-0.4, -0.2) is 16.9 Å². The third kappa shape index (κ3) is 3.78. The summed E-state index contributed by atoms with van der Waals surface area (Å²) in [5.41, 5.74) is 2.62. The second kappa shape index (κ2) is 6.33. The van der Waals surface area contributed by atoms with Crippen molar-refractivity contribution < 1.29 is 0 Å². The first-order valence-corrected chi connectivity index (χ1v) is 6.34. The molecule has 96 valence electrons. The van der Waals surface area contributed by atoms with E-state index in [4.69, 9.17) is 16.9 Å². The summed E-state index contributed by atoms with van der Waals surface area (Å²) < 4.78 is 0. The number of nitriles is 1. The minimum Gasteiger partial charge on any atom is -0.296 e. The Hall–Kier alpha value is -1.89. The van der Waals surface area contributed by atoms with Crippen LogP contribution in [0.15, 0.2) is 42.6 Å². The first-order valence-electron chi connectivity index (χ1n) is 5.96. The number of pyridine rings is 1. The highest BCUT2D eigenvalue weighted by atomic mass is 35.5. The van der Waals surface area contributed by atoms with Crippen molar-refractivity contribution in [2.45, 2.75) is 13.1 Å². The summed E-state index contributed by atoms with van der Waals surface area (Å²) in [5.74, 6) is 0. The number of nitrogens with zero attached hydrogens (tertiary/aromatic N) is 3. The second-order valence-corrected chi connectivity index (χ2v) is 4.82. The zero-order chi connectivity index (χ0) is 13.7. The molecule has 0 unspecified atom stereocenters. The van der Waals surface area contributed by atoms with Crippen LogP contribution in [0.2, 0.25) is 5.02 Å². The van der Waals surface area contributed by atoms with Gasteiger partial charge < -0.3 is 0 Å². The molecule has 2 rings (SSSR count). The largest absolute Gasteiger partial charge is 0.296 e. The van der Waals surface area contributed by atoms with Crippen LogP contribution in [-0.2, 0) is 13.1 Å². The zero-order valence-electron chi connectivity index (χ0n) is 10.7. The molecule has 19 heavy (non-hydrogen) atoms. The molecule has 0 aliphatic rings. The van der Waals surface area contributed by atoms with Gasteiger partial charge in [0.15, 0.2) is 0 Å². The number of rotatable bonds is 4. The molecule has 0 fully saturated rings. The Bertz CT molecular complexity index is 590. The fourth-order valence-electron chi connectivity index (χ4n) is 1.86. The van der Waals surface area contributed by atoms with Crippen molar-refractivity contribution in [1.82, 2.24) is 9.88 Å². The van der Waals surface area contributed by atoms with Crippen LogP contribution in [0, 0.1) is 11.3 Å². The summed E-state index contributed by atoms with van der Waals surface area (Å²) in [6, 6.07) is 13.3. The number of hydrogen-bond acceptors (Lipinski definition) is 3. The molecule has 0 bridgehead atoms. The summed E-state index contributed by atoms with van der Waals surface area (Å²) in [5, 5.41) is 9.43. The summed E-state index contributed by atoms with van der Waals surface area (Å²) in [7, 11) is 2.02. The lowest BCUT2D eigenvalue weighted by Crippen LogP contribution is -2.18. The average molecular weight is 272 g/mol. The molecule has 0 N–H and O–H groups in total. The van der Waals surface area contributed by atoms with Gasteiger partial charge in [-0.2, -0.15) is 5.26 Å². The molecule has 4 heteroatoms. The van der Waals surface area contributed by atoms with Crippen LogP contribution < -0.4 is 0 Å². The Morgan fingerprint density at radius 2 is 2.11 bits per heavy atom. The first kappa shape index (κ1) is 13.5. The topological polar surface area (TPSA) is 39.9 Å². The van der Waals surface area contributed by atoms with Crippen molar-refractivity contribution in [3.8, 4) is 6.07 Å². The number of hydrogen-bond donors (Lipinski definition) is 0. The lowest BCUT2D eigenvalue weighted by Gasteiger charge is -2.17. The standard InChI is InChI=1S/C15H14ClN3/c1-19(11-14-4-2-3-7-18-14)10-13-6-5-12(9-17)8-15(13)16/h2-8H,10-11H2,1H3. The smallest absolute Gasteiger partial charge is 0.0992 e. The van der Waals surface area contributed by atoms with Gasteiger partial charge in [-0.3, -0.25) is 9.88 Å². The summed E-state index contributed by atoms with van der Waals surface area (Å²) >= 11 is 6.16. The lowest BCUT2D eigenvalue weighted by molar-refractivity contribution is 0.315. The maximum absolute atomic E-state index is 8.80. The van der Waals surface area contributed by atoms with Crippen molar-refractivity contribution >= 4 is 11.6 Å². The van der Waals surface area contributed by atoms with Crippen molar-refractivity contribution in [3.05, 3.63) is 64.4 Å². The monoisotopic (exact) mass is 271 g/mol. The van der Waals surface area contributed by atoms with Crippen molar-refractivity contribution in [2.75, 3.05) is 7.05 Å². The van der Waals surface area contributed by atoms with E-state index in [1.54, 1.807) is 18.3 Å². The van der Waals surface area contributed by atoms with Crippen LogP contribution in [0.25, 0.3) is 0 Å². The van der Waals surface area contributed by atoms with Gasteiger partial charge in [-0.15, -0.1) is 0 Å². The van der Waals surface area contributed by atoms with Gasteiger partial charge >= 0.3 is 0 Å². The van der Waals surface area contributed by atoms with Crippen LogP contribution >= 0.6 is 11.6 Å². The van der Waals surface area contributed by atoms with Crippen molar-refractivity contribution in [2.24, 2.45) is 0 Å². The van der Waals surface area contributed by atoms with Crippen LogP contribution in [0.4, 0.5) is 0 Å². The van der Waals surface area contributed by atoms with E-state index in [-0.39, 0.29) is 0 Å². The Labute approximate surface area is 118 Å². The van der Waals surface area contributed by atoms with Crippen LogP contribution in [0.1, 0.15) is 16.8 Å². The third-order valence-electron chi connectivity index (χ3n) is 2.78. The highest BCUT2D eigenvalue weighted by Gasteiger charge is 2.06. The van der Waals surface area contributed by atoms with Gasteiger partial charge in [0, 0.05) is 24.3 Å². The molecule has 0 amide bonds. The summed E-state index contributed by atoms with van der Waals surface area (Å²) in [4.78, 5) is 6.43. The predicted octanol–water partition coefficient (Wildman–Crippen LogP) is 3.24. The van der Waals surface area contributed by atoms with E-state index in [1.165, 1.54) is 0 Å². The quantitative estimate of drug-likeness (QED) is 0.857. The molecule has 0 radical (unpaired) electrons. The Kier molecular flexibility index (Phi) is 4.51. The highest BCUT2D eigenvalue weighted by Crippen LogP contribution is 2.19. The number of aromatic nitrogens is 1. The maximum atomic E-state index is 8.80. The van der Waals surface area contributed by atoms with E-state index in [1.807, 2.05) is 31.3 Å².